The van der Waals surface area contributed by atoms with Gasteiger partial charge in [-0.2, -0.15) is 13.2 Å². The van der Waals surface area contributed by atoms with E-state index in [9.17, 15) is 31.2 Å². The summed E-state index contributed by atoms with van der Waals surface area (Å²) in [6.45, 7) is 1.62. The van der Waals surface area contributed by atoms with Crippen molar-refractivity contribution in [1.82, 2.24) is 9.88 Å². The number of hydrogen-bond acceptors (Lipinski definition) is 5. The molecule has 0 atom stereocenters. The minimum atomic E-state index is -4.59. The fourth-order valence-electron chi connectivity index (χ4n) is 3.31. The fourth-order valence-corrected chi connectivity index (χ4v) is 4.57. The minimum absolute atomic E-state index is 0.00126. The molecule has 0 unspecified atom stereocenters. The SMILES string of the molecule is CSc1cc(C(=O)NCc2ccc(S(C)(=O)=O)cc2)c(=O)n(-c2cccc(C(F)(F)F)c2)c1C. The van der Waals surface area contributed by atoms with E-state index < -0.39 is 33.0 Å². The Morgan fingerprint density at radius 1 is 1.09 bits per heavy atom. The summed E-state index contributed by atoms with van der Waals surface area (Å²) in [6.07, 6.45) is -1.77. The maximum absolute atomic E-state index is 13.2. The number of alkyl halides is 3. The maximum atomic E-state index is 13.2. The molecule has 11 heteroatoms. The average molecular weight is 511 g/mol. The number of carbonyl (C=O) groups excluding carboxylic acids is 1. The fraction of sp³-hybridized carbons (Fsp3) is 0.217. The lowest BCUT2D eigenvalue weighted by molar-refractivity contribution is -0.137. The number of thioether (sulfide) groups is 1. The number of carbonyl (C=O) groups is 1. The highest BCUT2D eigenvalue weighted by Gasteiger charge is 2.31. The van der Waals surface area contributed by atoms with Crippen LogP contribution in [-0.2, 0) is 22.6 Å². The molecule has 180 valence electrons. The standard InChI is InChI=1S/C23H21F3N2O4S2/c1-14-20(33-2)12-19(21(29)27-13-15-7-9-18(10-8-15)34(3,31)32)22(30)28(14)17-6-4-5-16(11-17)23(24,25)26/h4-12H,13H2,1-3H3,(H,27,29). The monoisotopic (exact) mass is 510 g/mol. The highest BCUT2D eigenvalue weighted by atomic mass is 32.2. The highest BCUT2D eigenvalue weighted by molar-refractivity contribution is 7.98. The van der Waals surface area contributed by atoms with Gasteiger partial charge in [0, 0.05) is 29.1 Å². The van der Waals surface area contributed by atoms with Crippen LogP contribution in [0.4, 0.5) is 13.2 Å². The molecule has 1 heterocycles. The smallest absolute Gasteiger partial charge is 0.348 e. The molecule has 0 aliphatic carbocycles. The second kappa shape index (κ2) is 9.67. The molecular formula is C23H21F3N2O4S2. The van der Waals surface area contributed by atoms with E-state index >= 15 is 0 Å². The molecule has 0 bridgehead atoms. The highest BCUT2D eigenvalue weighted by Crippen LogP contribution is 2.31. The van der Waals surface area contributed by atoms with E-state index in [1.165, 1.54) is 42.1 Å². The van der Waals surface area contributed by atoms with Crippen molar-refractivity contribution in [2.24, 2.45) is 0 Å². The van der Waals surface area contributed by atoms with Crippen LogP contribution < -0.4 is 10.9 Å². The number of sulfone groups is 1. The van der Waals surface area contributed by atoms with Gasteiger partial charge in [0.25, 0.3) is 11.5 Å². The largest absolute Gasteiger partial charge is 0.416 e. The average Bonchev–Trinajstić information content (AvgIpc) is 2.77. The molecule has 6 nitrogen and oxygen atoms in total. The van der Waals surface area contributed by atoms with E-state index in [1.54, 1.807) is 25.3 Å². The van der Waals surface area contributed by atoms with Crippen LogP contribution in [0.2, 0.25) is 0 Å². The Hall–Kier alpha value is -3.05. The van der Waals surface area contributed by atoms with Crippen molar-refractivity contribution in [1.29, 1.82) is 0 Å². The molecule has 34 heavy (non-hydrogen) atoms. The Bertz CT molecular complexity index is 1400. The van der Waals surface area contributed by atoms with Crippen LogP contribution in [0.15, 0.2) is 69.2 Å². The molecule has 0 spiro atoms. The van der Waals surface area contributed by atoms with Crippen molar-refractivity contribution in [3.63, 3.8) is 0 Å². The number of nitrogens with zero attached hydrogens (tertiary/aromatic N) is 1. The van der Waals surface area contributed by atoms with Crippen LogP contribution in [0.1, 0.15) is 27.2 Å². The summed E-state index contributed by atoms with van der Waals surface area (Å²) in [5.41, 5.74) is -0.867. The number of rotatable bonds is 6. The van der Waals surface area contributed by atoms with Crippen LogP contribution in [0.5, 0.6) is 0 Å². The van der Waals surface area contributed by atoms with Crippen molar-refractivity contribution < 1.29 is 26.4 Å². The molecule has 2 aromatic carbocycles. The third-order valence-electron chi connectivity index (χ3n) is 5.10. The number of benzene rings is 2. The summed E-state index contributed by atoms with van der Waals surface area (Å²) in [5, 5.41) is 2.61. The zero-order valence-electron chi connectivity index (χ0n) is 18.4. The molecule has 1 amide bonds. The first kappa shape index (κ1) is 25.6. The predicted molar refractivity (Wildman–Crippen MR) is 124 cm³/mol. The van der Waals surface area contributed by atoms with Gasteiger partial charge in [-0.3, -0.25) is 14.2 Å². The first-order valence-corrected chi connectivity index (χ1v) is 13.0. The lowest BCUT2D eigenvalue weighted by Gasteiger charge is -2.17. The van der Waals surface area contributed by atoms with Gasteiger partial charge in [-0.1, -0.05) is 18.2 Å². The number of pyridine rings is 1. The summed E-state index contributed by atoms with van der Waals surface area (Å²) in [7, 11) is -3.36. The first-order chi connectivity index (χ1) is 15.8. The second-order valence-corrected chi connectivity index (χ2v) is 10.4. The Morgan fingerprint density at radius 3 is 2.29 bits per heavy atom. The molecular weight excluding hydrogens is 489 g/mol. The van der Waals surface area contributed by atoms with Gasteiger partial charge in [0.2, 0.25) is 0 Å². The zero-order valence-corrected chi connectivity index (χ0v) is 20.1. The van der Waals surface area contributed by atoms with Gasteiger partial charge in [-0.15, -0.1) is 11.8 Å². The number of amides is 1. The number of nitrogens with one attached hydrogen (secondary N) is 1. The third-order valence-corrected chi connectivity index (χ3v) is 7.08. The van der Waals surface area contributed by atoms with Crippen LogP contribution in [-0.4, -0.2) is 31.4 Å². The summed E-state index contributed by atoms with van der Waals surface area (Å²) in [5.74, 6) is -0.701. The molecule has 1 N–H and O–H groups in total. The Labute approximate surface area is 198 Å². The summed E-state index contributed by atoms with van der Waals surface area (Å²) in [4.78, 5) is 26.7. The van der Waals surface area contributed by atoms with Gasteiger partial charge in [0.1, 0.15) is 5.56 Å². The van der Waals surface area contributed by atoms with Gasteiger partial charge in [-0.05, 0) is 55.1 Å². The molecule has 0 radical (unpaired) electrons. The van der Waals surface area contributed by atoms with Crippen molar-refractivity contribution >= 4 is 27.5 Å². The second-order valence-electron chi connectivity index (χ2n) is 7.50. The number of halogens is 3. The number of hydrogen-bond donors (Lipinski definition) is 1. The normalized spacial score (nSPS) is 11.9. The van der Waals surface area contributed by atoms with E-state index in [0.29, 0.717) is 16.2 Å². The molecule has 0 fully saturated rings. The van der Waals surface area contributed by atoms with Gasteiger partial charge >= 0.3 is 6.18 Å². The minimum Gasteiger partial charge on any atom is -0.348 e. The van der Waals surface area contributed by atoms with Gasteiger partial charge < -0.3 is 5.32 Å². The van der Waals surface area contributed by atoms with Gasteiger partial charge in [0.05, 0.1) is 10.5 Å². The number of aromatic nitrogens is 1. The quantitative estimate of drug-likeness (QED) is 0.502. The summed E-state index contributed by atoms with van der Waals surface area (Å²) >= 11 is 1.25. The van der Waals surface area contributed by atoms with Gasteiger partial charge in [-0.25, -0.2) is 8.42 Å². The molecule has 3 aromatic rings. The van der Waals surface area contributed by atoms with Crippen molar-refractivity contribution in [3.8, 4) is 5.69 Å². The lowest BCUT2D eigenvalue weighted by Crippen LogP contribution is -2.33. The van der Waals surface area contributed by atoms with Crippen LogP contribution in [0.3, 0.4) is 0 Å². The molecule has 0 aliphatic heterocycles. The van der Waals surface area contributed by atoms with E-state index in [1.807, 2.05) is 0 Å². The lowest BCUT2D eigenvalue weighted by atomic mass is 10.1. The van der Waals surface area contributed by atoms with E-state index in [4.69, 9.17) is 0 Å². The Morgan fingerprint density at radius 2 is 1.74 bits per heavy atom. The predicted octanol–water partition coefficient (Wildman–Crippen LogP) is 4.22. The van der Waals surface area contributed by atoms with Crippen molar-refractivity contribution in [2.75, 3.05) is 12.5 Å². The van der Waals surface area contributed by atoms with E-state index in [2.05, 4.69) is 5.32 Å². The van der Waals surface area contributed by atoms with E-state index in [0.717, 1.165) is 23.0 Å². The summed E-state index contributed by atoms with van der Waals surface area (Å²) in [6, 6.07) is 11.7. The molecule has 0 saturated carbocycles. The van der Waals surface area contributed by atoms with E-state index in [-0.39, 0.29) is 22.7 Å². The topological polar surface area (TPSA) is 85.2 Å². The van der Waals surface area contributed by atoms with Gasteiger partial charge in [0.15, 0.2) is 9.84 Å². The third kappa shape index (κ3) is 5.53. The molecule has 0 saturated heterocycles. The van der Waals surface area contributed by atoms with Crippen molar-refractivity contribution in [3.05, 3.63) is 87.3 Å². The first-order valence-electron chi connectivity index (χ1n) is 9.88. The molecule has 1 aromatic heterocycles. The summed E-state index contributed by atoms with van der Waals surface area (Å²) < 4.78 is 63.8. The Kier molecular flexibility index (Phi) is 7.27. The zero-order chi connectivity index (χ0) is 25.3. The van der Waals surface area contributed by atoms with Crippen LogP contribution >= 0.6 is 11.8 Å². The van der Waals surface area contributed by atoms with Crippen LogP contribution in [0, 0.1) is 6.92 Å². The Balaban J connectivity index is 1.96. The van der Waals surface area contributed by atoms with Crippen LogP contribution in [0.25, 0.3) is 5.69 Å². The van der Waals surface area contributed by atoms with Crippen molar-refractivity contribution in [2.45, 2.75) is 29.4 Å². The molecule has 3 rings (SSSR count). The maximum Gasteiger partial charge on any atom is 0.416 e. The molecule has 0 aliphatic rings.